The van der Waals surface area contributed by atoms with Gasteiger partial charge >= 0.3 is 6.18 Å². The molecule has 0 fully saturated rings. The van der Waals surface area contributed by atoms with Crippen molar-refractivity contribution in [3.63, 3.8) is 0 Å². The van der Waals surface area contributed by atoms with Gasteiger partial charge in [-0.25, -0.2) is 0 Å². The van der Waals surface area contributed by atoms with Crippen LogP contribution in [-0.4, -0.2) is 30.0 Å². The van der Waals surface area contributed by atoms with Gasteiger partial charge in [-0.2, -0.15) is 13.2 Å². The van der Waals surface area contributed by atoms with E-state index in [1.165, 1.54) is 17.7 Å². The summed E-state index contributed by atoms with van der Waals surface area (Å²) in [5.41, 5.74) is 0.990. The Bertz CT molecular complexity index is 902. The summed E-state index contributed by atoms with van der Waals surface area (Å²) < 4.78 is 45.3. The van der Waals surface area contributed by atoms with Crippen LogP contribution in [0.3, 0.4) is 0 Å². The number of alkyl halides is 3. The molecule has 1 heterocycles. The van der Waals surface area contributed by atoms with Gasteiger partial charge in [-0.15, -0.1) is 0 Å². The fourth-order valence-electron chi connectivity index (χ4n) is 3.41. The number of benzene rings is 2. The normalized spacial score (nSPS) is 15.5. The van der Waals surface area contributed by atoms with Gasteiger partial charge in [0.05, 0.1) is 23.9 Å². The lowest BCUT2D eigenvalue weighted by molar-refractivity contribution is -0.137. The maximum Gasteiger partial charge on any atom is 0.418 e. The molecule has 29 heavy (non-hydrogen) atoms. The highest BCUT2D eigenvalue weighted by atomic mass is 35.5. The highest BCUT2D eigenvalue weighted by molar-refractivity contribution is 6.30. The lowest BCUT2D eigenvalue weighted by Gasteiger charge is -2.33. The molecule has 0 aliphatic carbocycles. The van der Waals surface area contributed by atoms with Crippen molar-refractivity contribution in [2.24, 2.45) is 0 Å². The lowest BCUT2D eigenvalue weighted by atomic mass is 9.98. The Kier molecular flexibility index (Phi) is 6.39. The van der Waals surface area contributed by atoms with Crippen molar-refractivity contribution in [1.29, 1.82) is 0 Å². The number of carbonyl (C=O) groups excluding carboxylic acids is 1. The lowest BCUT2D eigenvalue weighted by Crippen LogP contribution is -2.44. The first kappa shape index (κ1) is 21.5. The Balaban J connectivity index is 1.74. The average molecular weight is 427 g/mol. The molecule has 4 nitrogen and oxygen atoms in total. The molecule has 8 heteroatoms. The van der Waals surface area contributed by atoms with E-state index in [9.17, 15) is 18.0 Å². The van der Waals surface area contributed by atoms with Crippen LogP contribution in [0.25, 0.3) is 0 Å². The Morgan fingerprint density at radius 2 is 2.00 bits per heavy atom. The Morgan fingerprint density at radius 1 is 1.24 bits per heavy atom. The topological polar surface area (TPSA) is 41.6 Å². The number of fused-ring (bicyclic) bond motifs is 1. The Hall–Kier alpha value is -2.25. The van der Waals surface area contributed by atoms with Crippen LogP contribution in [0, 0.1) is 0 Å². The van der Waals surface area contributed by atoms with Crippen LogP contribution in [0.5, 0.6) is 5.75 Å². The van der Waals surface area contributed by atoms with E-state index in [1.807, 2.05) is 30.0 Å². The van der Waals surface area contributed by atoms with Crippen LogP contribution in [0.4, 0.5) is 18.9 Å². The van der Waals surface area contributed by atoms with Crippen LogP contribution in [-0.2, 0) is 23.9 Å². The zero-order chi connectivity index (χ0) is 21.2. The van der Waals surface area contributed by atoms with Gasteiger partial charge in [-0.3, -0.25) is 9.69 Å². The fraction of sp³-hybridized carbons (Fsp3) is 0.381. The van der Waals surface area contributed by atoms with Gasteiger partial charge in [0, 0.05) is 18.1 Å². The molecule has 1 unspecified atom stereocenters. The minimum Gasteiger partial charge on any atom is -0.494 e. The summed E-state index contributed by atoms with van der Waals surface area (Å²) in [6.45, 7) is 5.32. The van der Waals surface area contributed by atoms with E-state index in [0.717, 1.165) is 23.8 Å². The van der Waals surface area contributed by atoms with Crippen LogP contribution >= 0.6 is 11.6 Å². The zero-order valence-electron chi connectivity index (χ0n) is 16.1. The largest absolute Gasteiger partial charge is 0.494 e. The minimum atomic E-state index is -4.61. The number of carbonyl (C=O) groups is 1. The number of nitrogens with zero attached hydrogens (tertiary/aromatic N) is 1. The van der Waals surface area contributed by atoms with Crippen molar-refractivity contribution in [3.8, 4) is 5.75 Å². The first-order valence-corrected chi connectivity index (χ1v) is 9.73. The summed E-state index contributed by atoms with van der Waals surface area (Å²) in [6.07, 6.45) is -3.86. The standard InChI is InChI=1S/C21H22ClF3N2O2/c1-3-29-17-6-4-14-8-9-27(12-15(14)10-17)13(2)20(28)26-19-7-5-16(22)11-18(19)21(23,24)25/h4-7,10-11,13H,3,8-9,12H2,1-2H3,(H,26,28). The molecule has 0 saturated carbocycles. The number of ether oxygens (including phenoxy) is 1. The highest BCUT2D eigenvalue weighted by Crippen LogP contribution is 2.36. The highest BCUT2D eigenvalue weighted by Gasteiger charge is 2.35. The number of hydrogen-bond acceptors (Lipinski definition) is 3. The maximum absolute atomic E-state index is 13.3. The SMILES string of the molecule is CCOc1ccc2c(c1)CN(C(C)C(=O)Nc1ccc(Cl)cc1C(F)(F)F)CC2. The molecule has 2 aromatic carbocycles. The third kappa shape index (κ3) is 5.03. The number of hydrogen-bond donors (Lipinski definition) is 1. The van der Waals surface area contributed by atoms with Crippen molar-refractivity contribution in [2.75, 3.05) is 18.5 Å². The molecule has 1 N–H and O–H groups in total. The van der Waals surface area contributed by atoms with E-state index in [1.54, 1.807) is 6.92 Å². The molecule has 0 radical (unpaired) electrons. The van der Waals surface area contributed by atoms with E-state index in [2.05, 4.69) is 5.32 Å². The van der Waals surface area contributed by atoms with E-state index >= 15 is 0 Å². The van der Waals surface area contributed by atoms with Crippen molar-refractivity contribution < 1.29 is 22.7 Å². The maximum atomic E-state index is 13.3. The molecule has 0 saturated heterocycles. The second-order valence-electron chi connectivity index (χ2n) is 6.94. The molecular formula is C21H22ClF3N2O2. The van der Waals surface area contributed by atoms with Crippen molar-refractivity contribution >= 4 is 23.2 Å². The molecule has 2 aromatic rings. The molecule has 156 valence electrons. The summed E-state index contributed by atoms with van der Waals surface area (Å²) in [6, 6.07) is 8.61. The Morgan fingerprint density at radius 3 is 2.69 bits per heavy atom. The van der Waals surface area contributed by atoms with Crippen LogP contribution in [0.15, 0.2) is 36.4 Å². The van der Waals surface area contributed by atoms with E-state index in [-0.39, 0.29) is 10.7 Å². The third-order valence-corrected chi connectivity index (χ3v) is 5.24. The van der Waals surface area contributed by atoms with Crippen LogP contribution < -0.4 is 10.1 Å². The quantitative estimate of drug-likeness (QED) is 0.719. The van der Waals surface area contributed by atoms with Gasteiger partial charge in [0.25, 0.3) is 0 Å². The molecule has 0 bridgehead atoms. The van der Waals surface area contributed by atoms with Gasteiger partial charge in [0.1, 0.15) is 5.75 Å². The molecule has 0 aromatic heterocycles. The number of rotatable bonds is 5. The van der Waals surface area contributed by atoms with Crippen molar-refractivity contribution in [1.82, 2.24) is 4.90 Å². The predicted octanol–water partition coefficient (Wildman–Crippen LogP) is 5.14. The van der Waals surface area contributed by atoms with Gasteiger partial charge in [0.2, 0.25) is 5.91 Å². The summed E-state index contributed by atoms with van der Waals surface area (Å²) >= 11 is 5.70. The molecule has 1 aliphatic heterocycles. The van der Waals surface area contributed by atoms with Crippen molar-refractivity contribution in [2.45, 2.75) is 39.0 Å². The predicted molar refractivity (Wildman–Crippen MR) is 106 cm³/mol. The summed E-state index contributed by atoms with van der Waals surface area (Å²) in [7, 11) is 0. The summed E-state index contributed by atoms with van der Waals surface area (Å²) in [5.74, 6) is 0.267. The molecule has 1 amide bonds. The number of anilines is 1. The van der Waals surface area contributed by atoms with Gasteiger partial charge in [0.15, 0.2) is 0 Å². The first-order valence-electron chi connectivity index (χ1n) is 9.35. The number of amides is 1. The molecular weight excluding hydrogens is 405 g/mol. The van der Waals surface area contributed by atoms with Gasteiger partial charge in [-0.1, -0.05) is 17.7 Å². The number of nitrogens with one attached hydrogen (secondary N) is 1. The van der Waals surface area contributed by atoms with Crippen LogP contribution in [0.1, 0.15) is 30.5 Å². The first-order chi connectivity index (χ1) is 13.7. The second-order valence-corrected chi connectivity index (χ2v) is 7.37. The van der Waals surface area contributed by atoms with E-state index in [0.29, 0.717) is 19.7 Å². The smallest absolute Gasteiger partial charge is 0.418 e. The average Bonchev–Trinajstić information content (AvgIpc) is 2.67. The van der Waals surface area contributed by atoms with Crippen LogP contribution in [0.2, 0.25) is 5.02 Å². The molecule has 1 atom stereocenters. The second kappa shape index (κ2) is 8.63. The summed E-state index contributed by atoms with van der Waals surface area (Å²) in [5, 5.41) is 2.37. The zero-order valence-corrected chi connectivity index (χ0v) is 16.9. The van der Waals surface area contributed by atoms with Gasteiger partial charge < -0.3 is 10.1 Å². The minimum absolute atomic E-state index is 0.0406. The van der Waals surface area contributed by atoms with Crippen molar-refractivity contribution in [3.05, 3.63) is 58.1 Å². The number of halogens is 4. The monoisotopic (exact) mass is 426 g/mol. The molecule has 0 spiro atoms. The van der Waals surface area contributed by atoms with E-state index in [4.69, 9.17) is 16.3 Å². The third-order valence-electron chi connectivity index (χ3n) is 5.00. The van der Waals surface area contributed by atoms with E-state index < -0.39 is 23.7 Å². The molecule has 3 rings (SSSR count). The molecule has 1 aliphatic rings. The Labute approximate surface area is 172 Å². The van der Waals surface area contributed by atoms with Gasteiger partial charge in [-0.05, 0) is 61.7 Å². The summed E-state index contributed by atoms with van der Waals surface area (Å²) in [4.78, 5) is 14.6. The fourth-order valence-corrected chi connectivity index (χ4v) is 3.58.